The Labute approximate surface area is 129 Å². The number of carbonyl (C=O) groups excluding carboxylic acids is 1. The van der Waals surface area contributed by atoms with Gasteiger partial charge < -0.3 is 10.4 Å². The number of hydrogen-bond acceptors (Lipinski definition) is 2. The lowest BCUT2D eigenvalue weighted by Gasteiger charge is -2.19. The second-order valence-electron chi connectivity index (χ2n) is 4.59. The molecule has 5 heteroatoms. The molecular weight excluding hydrogens is 409 g/mol. The molecule has 2 atom stereocenters. The van der Waals surface area contributed by atoms with Gasteiger partial charge in [-0.3, -0.25) is 4.79 Å². The predicted octanol–water partition coefficient (Wildman–Crippen LogP) is 3.29. The fraction of sp³-hybridized carbons (Fsp3) is 0.462. The molecule has 1 saturated carbocycles. The number of alkyl halides is 1. The fourth-order valence-electron chi connectivity index (χ4n) is 2.32. The van der Waals surface area contributed by atoms with Crippen LogP contribution in [0.2, 0.25) is 0 Å². The Bertz CT molecular complexity index is 453. The average Bonchev–Trinajstić information content (AvgIpc) is 2.79. The van der Waals surface area contributed by atoms with Gasteiger partial charge in [-0.05, 0) is 59.5 Å². The Morgan fingerprint density at radius 3 is 2.94 bits per heavy atom. The zero-order valence-corrected chi connectivity index (χ0v) is 13.6. The van der Waals surface area contributed by atoms with E-state index in [-0.39, 0.29) is 17.7 Å². The van der Waals surface area contributed by atoms with E-state index in [2.05, 4.69) is 21.2 Å². The summed E-state index contributed by atoms with van der Waals surface area (Å²) in [7, 11) is 0. The highest BCUT2D eigenvalue weighted by Crippen LogP contribution is 2.27. The van der Waals surface area contributed by atoms with E-state index in [1.807, 2.05) is 22.6 Å². The standard InChI is InChI=1S/C13H15BrINO2/c14-7-9-2-1-3-11(9)16-13(18)8-4-5-10(15)12(17)6-8/h4-6,9,11,17H,1-3,7H2,(H,16,18). The second-order valence-corrected chi connectivity index (χ2v) is 6.40. The van der Waals surface area contributed by atoms with Crippen LogP contribution < -0.4 is 5.32 Å². The van der Waals surface area contributed by atoms with Gasteiger partial charge in [-0.1, -0.05) is 22.4 Å². The highest BCUT2D eigenvalue weighted by molar-refractivity contribution is 14.1. The first kappa shape index (κ1) is 14.1. The molecule has 18 heavy (non-hydrogen) atoms. The van der Waals surface area contributed by atoms with E-state index in [9.17, 15) is 9.90 Å². The van der Waals surface area contributed by atoms with Gasteiger partial charge in [-0.25, -0.2) is 0 Å². The number of carbonyl (C=O) groups is 1. The normalized spacial score (nSPS) is 23.0. The predicted molar refractivity (Wildman–Crippen MR) is 83.2 cm³/mol. The lowest BCUT2D eigenvalue weighted by atomic mass is 10.1. The van der Waals surface area contributed by atoms with Gasteiger partial charge in [0, 0.05) is 16.9 Å². The van der Waals surface area contributed by atoms with Crippen LogP contribution >= 0.6 is 38.5 Å². The third-order valence-electron chi connectivity index (χ3n) is 3.38. The maximum Gasteiger partial charge on any atom is 0.251 e. The minimum absolute atomic E-state index is 0.0976. The van der Waals surface area contributed by atoms with Crippen molar-refractivity contribution in [1.29, 1.82) is 0 Å². The molecule has 1 fully saturated rings. The van der Waals surface area contributed by atoms with Crippen molar-refractivity contribution in [3.8, 4) is 5.75 Å². The van der Waals surface area contributed by atoms with Crippen LogP contribution in [0.25, 0.3) is 0 Å². The van der Waals surface area contributed by atoms with Gasteiger partial charge in [0.1, 0.15) is 5.75 Å². The number of phenolic OH excluding ortho intramolecular Hbond substituents is 1. The summed E-state index contributed by atoms with van der Waals surface area (Å²) in [4.78, 5) is 12.1. The first-order chi connectivity index (χ1) is 8.61. The molecule has 2 unspecified atom stereocenters. The van der Waals surface area contributed by atoms with Crippen LogP contribution in [0.5, 0.6) is 5.75 Å². The van der Waals surface area contributed by atoms with Crippen LogP contribution in [0.3, 0.4) is 0 Å². The molecule has 0 heterocycles. The van der Waals surface area contributed by atoms with Crippen LogP contribution in [0.1, 0.15) is 29.6 Å². The van der Waals surface area contributed by atoms with E-state index in [0.29, 0.717) is 11.5 Å². The van der Waals surface area contributed by atoms with Crippen molar-refractivity contribution in [2.75, 3.05) is 5.33 Å². The summed E-state index contributed by atoms with van der Waals surface area (Å²) in [5.41, 5.74) is 0.521. The third-order valence-corrected chi connectivity index (χ3v) is 5.13. The number of aromatic hydroxyl groups is 1. The quantitative estimate of drug-likeness (QED) is 0.578. The first-order valence-electron chi connectivity index (χ1n) is 5.97. The zero-order chi connectivity index (χ0) is 13.1. The van der Waals surface area contributed by atoms with E-state index in [0.717, 1.165) is 21.7 Å². The Morgan fingerprint density at radius 1 is 1.50 bits per heavy atom. The Balaban J connectivity index is 2.05. The molecule has 0 spiro atoms. The largest absolute Gasteiger partial charge is 0.507 e. The first-order valence-corrected chi connectivity index (χ1v) is 8.17. The van der Waals surface area contributed by atoms with Crippen LogP contribution in [0.4, 0.5) is 0 Å². The summed E-state index contributed by atoms with van der Waals surface area (Å²) in [6, 6.07) is 5.27. The monoisotopic (exact) mass is 423 g/mol. The summed E-state index contributed by atoms with van der Waals surface area (Å²) in [5, 5.41) is 13.6. The zero-order valence-electron chi connectivity index (χ0n) is 9.83. The van der Waals surface area contributed by atoms with E-state index < -0.39 is 0 Å². The minimum atomic E-state index is -0.0976. The maximum absolute atomic E-state index is 12.1. The van der Waals surface area contributed by atoms with Crippen LogP contribution in [0.15, 0.2) is 18.2 Å². The number of benzene rings is 1. The van der Waals surface area contributed by atoms with Crippen LogP contribution in [-0.4, -0.2) is 22.4 Å². The van der Waals surface area contributed by atoms with Crippen molar-refractivity contribution in [3.05, 3.63) is 27.3 Å². The SMILES string of the molecule is O=C(NC1CCCC1CBr)c1ccc(I)c(O)c1. The molecule has 1 aliphatic rings. The summed E-state index contributed by atoms with van der Waals surface area (Å²) < 4.78 is 0.753. The Morgan fingerprint density at radius 2 is 2.28 bits per heavy atom. The summed E-state index contributed by atoms with van der Waals surface area (Å²) in [6.07, 6.45) is 3.37. The van der Waals surface area contributed by atoms with Gasteiger partial charge in [0.2, 0.25) is 0 Å². The van der Waals surface area contributed by atoms with E-state index in [4.69, 9.17) is 0 Å². The van der Waals surface area contributed by atoms with E-state index in [1.54, 1.807) is 12.1 Å². The molecule has 1 aromatic rings. The molecule has 0 bridgehead atoms. The lowest BCUT2D eigenvalue weighted by molar-refractivity contribution is 0.0930. The van der Waals surface area contributed by atoms with Gasteiger partial charge in [0.05, 0.1) is 3.57 Å². The second kappa shape index (κ2) is 6.23. The average molecular weight is 424 g/mol. The lowest BCUT2D eigenvalue weighted by Crippen LogP contribution is -2.37. The number of hydrogen-bond donors (Lipinski definition) is 2. The maximum atomic E-state index is 12.1. The molecule has 2 rings (SSSR count). The molecule has 0 radical (unpaired) electrons. The van der Waals surface area contributed by atoms with E-state index in [1.165, 1.54) is 12.5 Å². The Kier molecular flexibility index (Phi) is 4.89. The number of amides is 1. The number of phenols is 1. The number of halogens is 2. The van der Waals surface area contributed by atoms with Gasteiger partial charge in [-0.15, -0.1) is 0 Å². The van der Waals surface area contributed by atoms with Gasteiger partial charge in [0.25, 0.3) is 5.91 Å². The van der Waals surface area contributed by atoms with Crippen molar-refractivity contribution >= 4 is 44.4 Å². The van der Waals surface area contributed by atoms with Crippen molar-refractivity contribution in [2.45, 2.75) is 25.3 Å². The highest BCUT2D eigenvalue weighted by atomic mass is 127. The molecule has 0 aromatic heterocycles. The van der Waals surface area contributed by atoms with Crippen molar-refractivity contribution < 1.29 is 9.90 Å². The molecule has 1 aliphatic carbocycles. The minimum Gasteiger partial charge on any atom is -0.507 e. The molecule has 0 aliphatic heterocycles. The Hall–Kier alpha value is -0.300. The summed E-state index contributed by atoms with van der Waals surface area (Å²) in [5.74, 6) is 0.581. The molecule has 1 amide bonds. The molecule has 3 nitrogen and oxygen atoms in total. The molecule has 1 aromatic carbocycles. The van der Waals surface area contributed by atoms with Gasteiger partial charge >= 0.3 is 0 Å². The number of nitrogens with one attached hydrogen (secondary N) is 1. The molecular formula is C13H15BrINO2. The van der Waals surface area contributed by atoms with Crippen molar-refractivity contribution in [3.63, 3.8) is 0 Å². The van der Waals surface area contributed by atoms with Crippen LogP contribution in [-0.2, 0) is 0 Å². The molecule has 0 saturated heterocycles. The van der Waals surface area contributed by atoms with Crippen molar-refractivity contribution in [1.82, 2.24) is 5.32 Å². The number of rotatable bonds is 3. The smallest absolute Gasteiger partial charge is 0.251 e. The van der Waals surface area contributed by atoms with E-state index >= 15 is 0 Å². The van der Waals surface area contributed by atoms with Gasteiger partial charge in [0.15, 0.2) is 0 Å². The topological polar surface area (TPSA) is 49.3 Å². The molecule has 98 valence electrons. The van der Waals surface area contributed by atoms with Crippen LogP contribution in [0, 0.1) is 9.49 Å². The third kappa shape index (κ3) is 3.17. The highest BCUT2D eigenvalue weighted by Gasteiger charge is 2.27. The van der Waals surface area contributed by atoms with Gasteiger partial charge in [-0.2, -0.15) is 0 Å². The summed E-state index contributed by atoms with van der Waals surface area (Å²) in [6.45, 7) is 0. The molecule has 2 N–H and O–H groups in total. The fourth-order valence-corrected chi connectivity index (χ4v) is 3.43. The van der Waals surface area contributed by atoms with Crippen molar-refractivity contribution in [2.24, 2.45) is 5.92 Å². The summed E-state index contributed by atoms with van der Waals surface area (Å²) >= 11 is 5.53.